The average Bonchev–Trinajstić information content (AvgIpc) is 2.31. The number of ether oxygens (including phenoxy) is 1. The molecule has 2 nitrogen and oxygen atoms in total. The van der Waals surface area contributed by atoms with Crippen LogP contribution in [0.3, 0.4) is 0 Å². The number of hydrogen-bond donors (Lipinski definition) is 1. The summed E-state index contributed by atoms with van der Waals surface area (Å²) in [5, 5.41) is 3.45. The van der Waals surface area contributed by atoms with Gasteiger partial charge in [-0.05, 0) is 38.4 Å². The van der Waals surface area contributed by atoms with Gasteiger partial charge in [-0.1, -0.05) is 18.2 Å². The van der Waals surface area contributed by atoms with Crippen molar-refractivity contribution in [1.82, 2.24) is 5.32 Å². The van der Waals surface area contributed by atoms with Gasteiger partial charge < -0.3 is 10.1 Å². The van der Waals surface area contributed by atoms with Crippen molar-refractivity contribution >= 4 is 0 Å². The largest absolute Gasteiger partial charge is 0.493 e. The van der Waals surface area contributed by atoms with E-state index >= 15 is 0 Å². The Balaban J connectivity index is 2.04. The molecule has 2 aliphatic heterocycles. The topological polar surface area (TPSA) is 21.3 Å². The Morgan fingerprint density at radius 1 is 1.07 bits per heavy atom. The van der Waals surface area contributed by atoms with E-state index in [-0.39, 0.29) is 0 Å². The fourth-order valence-corrected chi connectivity index (χ4v) is 2.95. The van der Waals surface area contributed by atoms with Crippen LogP contribution in [-0.4, -0.2) is 19.7 Å². The third-order valence-corrected chi connectivity index (χ3v) is 3.86. The smallest absolute Gasteiger partial charge is 0.123 e. The zero-order chi connectivity index (χ0) is 10.1. The summed E-state index contributed by atoms with van der Waals surface area (Å²) in [6, 6.07) is 8.56. The molecule has 1 spiro atoms. The predicted octanol–water partition coefficient (Wildman–Crippen LogP) is 2.09. The van der Waals surface area contributed by atoms with Gasteiger partial charge in [0.2, 0.25) is 0 Å². The summed E-state index contributed by atoms with van der Waals surface area (Å²) in [6.07, 6.45) is 3.70. The molecule has 1 aromatic carbocycles. The summed E-state index contributed by atoms with van der Waals surface area (Å²) in [5.41, 5.74) is 1.85. The molecule has 0 aromatic heterocycles. The van der Waals surface area contributed by atoms with Gasteiger partial charge in [0.25, 0.3) is 0 Å². The Bertz CT molecular complexity index is 355. The van der Waals surface area contributed by atoms with E-state index in [9.17, 15) is 0 Å². The first kappa shape index (κ1) is 9.22. The number of nitrogens with one attached hydrogen (secondary N) is 1. The summed E-state index contributed by atoms with van der Waals surface area (Å²) in [6.45, 7) is 3.18. The maximum Gasteiger partial charge on any atom is 0.123 e. The molecule has 1 saturated heterocycles. The zero-order valence-electron chi connectivity index (χ0n) is 8.96. The molecule has 15 heavy (non-hydrogen) atoms. The number of hydrogen-bond acceptors (Lipinski definition) is 2. The van der Waals surface area contributed by atoms with Crippen LogP contribution >= 0.6 is 0 Å². The maximum atomic E-state index is 5.73. The molecule has 1 aromatic rings. The van der Waals surface area contributed by atoms with Crippen molar-refractivity contribution in [2.24, 2.45) is 0 Å². The van der Waals surface area contributed by atoms with E-state index in [4.69, 9.17) is 4.74 Å². The van der Waals surface area contributed by atoms with Gasteiger partial charge in [0.05, 0.1) is 6.61 Å². The molecule has 0 aliphatic carbocycles. The van der Waals surface area contributed by atoms with E-state index in [0.717, 1.165) is 25.4 Å². The average molecular weight is 203 g/mol. The monoisotopic (exact) mass is 203 g/mol. The van der Waals surface area contributed by atoms with Crippen LogP contribution in [0.2, 0.25) is 0 Å². The maximum absolute atomic E-state index is 5.73. The predicted molar refractivity (Wildman–Crippen MR) is 60.3 cm³/mol. The quantitative estimate of drug-likeness (QED) is 0.697. The number of para-hydroxylation sites is 1. The van der Waals surface area contributed by atoms with Crippen LogP contribution in [-0.2, 0) is 5.41 Å². The first-order valence-electron chi connectivity index (χ1n) is 5.84. The molecular weight excluding hydrogens is 186 g/mol. The van der Waals surface area contributed by atoms with Crippen molar-refractivity contribution in [1.29, 1.82) is 0 Å². The molecule has 3 rings (SSSR count). The van der Waals surface area contributed by atoms with Gasteiger partial charge in [-0.15, -0.1) is 0 Å². The Kier molecular flexibility index (Phi) is 2.17. The molecule has 1 fully saturated rings. The molecule has 0 unspecified atom stereocenters. The van der Waals surface area contributed by atoms with Crippen LogP contribution in [0.25, 0.3) is 0 Å². The lowest BCUT2D eigenvalue weighted by Gasteiger charge is -2.42. The van der Waals surface area contributed by atoms with Crippen molar-refractivity contribution in [3.63, 3.8) is 0 Å². The number of fused-ring (bicyclic) bond motifs is 2. The van der Waals surface area contributed by atoms with E-state index < -0.39 is 0 Å². The van der Waals surface area contributed by atoms with Crippen LogP contribution in [0.1, 0.15) is 24.8 Å². The van der Waals surface area contributed by atoms with E-state index in [1.807, 2.05) is 0 Å². The first-order chi connectivity index (χ1) is 7.41. The summed E-state index contributed by atoms with van der Waals surface area (Å²) in [4.78, 5) is 0. The second-order valence-corrected chi connectivity index (χ2v) is 4.62. The molecule has 0 radical (unpaired) electrons. The van der Waals surface area contributed by atoms with E-state index in [1.165, 1.54) is 24.8 Å². The molecular formula is C13H17NO. The van der Waals surface area contributed by atoms with Crippen LogP contribution in [0.5, 0.6) is 5.75 Å². The molecule has 1 N–H and O–H groups in total. The minimum absolute atomic E-state index is 0.403. The lowest BCUT2D eigenvalue weighted by atomic mass is 9.70. The van der Waals surface area contributed by atoms with Gasteiger partial charge in [-0.2, -0.15) is 0 Å². The summed E-state index contributed by atoms with van der Waals surface area (Å²) < 4.78 is 5.73. The minimum Gasteiger partial charge on any atom is -0.493 e. The highest BCUT2D eigenvalue weighted by atomic mass is 16.5. The van der Waals surface area contributed by atoms with Crippen molar-refractivity contribution in [2.75, 3.05) is 19.7 Å². The van der Waals surface area contributed by atoms with Crippen LogP contribution < -0.4 is 10.1 Å². The molecule has 2 heterocycles. The first-order valence-corrected chi connectivity index (χ1v) is 5.84. The lowest BCUT2D eigenvalue weighted by Crippen LogP contribution is -2.42. The number of benzene rings is 1. The van der Waals surface area contributed by atoms with Crippen molar-refractivity contribution < 1.29 is 4.74 Å². The van der Waals surface area contributed by atoms with E-state index in [1.54, 1.807) is 0 Å². The highest BCUT2D eigenvalue weighted by Crippen LogP contribution is 2.44. The highest BCUT2D eigenvalue weighted by molar-refractivity contribution is 5.41. The van der Waals surface area contributed by atoms with Crippen molar-refractivity contribution in [2.45, 2.75) is 24.7 Å². The molecule has 0 saturated carbocycles. The lowest BCUT2D eigenvalue weighted by molar-refractivity contribution is 0.180. The SMILES string of the molecule is c1ccc2c(c1)OCCC21CCNCC1. The molecule has 2 aliphatic rings. The minimum atomic E-state index is 0.403. The van der Waals surface area contributed by atoms with E-state index in [0.29, 0.717) is 5.41 Å². The second kappa shape index (κ2) is 3.53. The molecule has 0 amide bonds. The van der Waals surface area contributed by atoms with Gasteiger partial charge in [0.15, 0.2) is 0 Å². The summed E-state index contributed by atoms with van der Waals surface area (Å²) >= 11 is 0. The number of piperidine rings is 1. The Morgan fingerprint density at radius 2 is 1.87 bits per heavy atom. The Labute approximate surface area is 90.6 Å². The molecule has 2 heteroatoms. The van der Waals surface area contributed by atoms with Crippen LogP contribution in [0.15, 0.2) is 24.3 Å². The van der Waals surface area contributed by atoms with Gasteiger partial charge in [-0.25, -0.2) is 0 Å². The van der Waals surface area contributed by atoms with Gasteiger partial charge in [0, 0.05) is 11.0 Å². The highest BCUT2D eigenvalue weighted by Gasteiger charge is 2.38. The molecule has 0 atom stereocenters. The summed E-state index contributed by atoms with van der Waals surface area (Å²) in [7, 11) is 0. The van der Waals surface area contributed by atoms with Gasteiger partial charge in [-0.3, -0.25) is 0 Å². The fraction of sp³-hybridized carbons (Fsp3) is 0.538. The third kappa shape index (κ3) is 1.44. The van der Waals surface area contributed by atoms with Crippen molar-refractivity contribution in [3.8, 4) is 5.75 Å². The zero-order valence-corrected chi connectivity index (χ0v) is 8.96. The van der Waals surface area contributed by atoms with Crippen LogP contribution in [0.4, 0.5) is 0 Å². The second-order valence-electron chi connectivity index (χ2n) is 4.62. The van der Waals surface area contributed by atoms with Gasteiger partial charge in [0.1, 0.15) is 5.75 Å². The molecule has 80 valence electrons. The van der Waals surface area contributed by atoms with Gasteiger partial charge >= 0.3 is 0 Å². The Hall–Kier alpha value is -1.02. The third-order valence-electron chi connectivity index (χ3n) is 3.86. The van der Waals surface area contributed by atoms with E-state index in [2.05, 4.69) is 29.6 Å². The molecule has 0 bridgehead atoms. The normalized spacial score (nSPS) is 23.2. The fourth-order valence-electron chi connectivity index (χ4n) is 2.95. The van der Waals surface area contributed by atoms with Crippen LogP contribution in [0, 0.1) is 0 Å². The summed E-state index contributed by atoms with van der Waals surface area (Å²) in [5.74, 6) is 1.12. The Morgan fingerprint density at radius 3 is 2.73 bits per heavy atom. The number of rotatable bonds is 0. The van der Waals surface area contributed by atoms with Crippen molar-refractivity contribution in [3.05, 3.63) is 29.8 Å². The standard InChI is InChI=1S/C13H17NO/c1-2-4-12-11(3-1)13(7-10-15-12)5-8-14-9-6-13/h1-4,14H,5-10H2.